The minimum atomic E-state index is 0.220. The highest BCUT2D eigenvalue weighted by Crippen LogP contribution is 2.11. The molecule has 0 spiro atoms. The van der Waals surface area contributed by atoms with Crippen molar-refractivity contribution in [3.8, 4) is 5.75 Å². The first kappa shape index (κ1) is 8.25. The van der Waals surface area contributed by atoms with Crippen molar-refractivity contribution in [2.45, 2.75) is 13.2 Å². The van der Waals surface area contributed by atoms with Crippen LogP contribution in [0.1, 0.15) is 11.1 Å². The molecule has 0 saturated heterocycles. The first-order chi connectivity index (χ1) is 5.15. The van der Waals surface area contributed by atoms with Gasteiger partial charge in [-0.3, -0.25) is 0 Å². The molecule has 0 bridgehead atoms. The van der Waals surface area contributed by atoms with E-state index < -0.39 is 0 Å². The SMILES string of the molecule is [B]Cc1cc(O)cc(C)c1[B]. The van der Waals surface area contributed by atoms with Gasteiger partial charge in [0, 0.05) is 0 Å². The van der Waals surface area contributed by atoms with E-state index in [4.69, 9.17) is 20.8 Å². The summed E-state index contributed by atoms with van der Waals surface area (Å²) in [5.74, 6) is 0.220. The summed E-state index contributed by atoms with van der Waals surface area (Å²) in [4.78, 5) is 0. The molecule has 52 valence electrons. The summed E-state index contributed by atoms with van der Waals surface area (Å²) in [7, 11) is 11.1. The number of hydrogen-bond acceptors (Lipinski definition) is 1. The van der Waals surface area contributed by atoms with E-state index in [0.717, 1.165) is 11.1 Å². The van der Waals surface area contributed by atoms with Gasteiger partial charge in [0.1, 0.15) is 13.6 Å². The summed E-state index contributed by atoms with van der Waals surface area (Å²) < 4.78 is 0. The number of aryl methyl sites for hydroxylation is 1. The summed E-state index contributed by atoms with van der Waals surface area (Å²) in [5, 5.41) is 9.14. The molecule has 0 aliphatic carbocycles. The average Bonchev–Trinajstić information content (AvgIpc) is 1.96. The molecule has 1 nitrogen and oxygen atoms in total. The first-order valence-electron chi connectivity index (χ1n) is 3.43. The second-order valence-electron chi connectivity index (χ2n) is 2.54. The Morgan fingerprint density at radius 2 is 2.09 bits per heavy atom. The van der Waals surface area contributed by atoms with Crippen molar-refractivity contribution in [1.82, 2.24) is 0 Å². The van der Waals surface area contributed by atoms with E-state index in [9.17, 15) is 0 Å². The van der Waals surface area contributed by atoms with Gasteiger partial charge in [-0.05, 0) is 19.1 Å². The van der Waals surface area contributed by atoms with Gasteiger partial charge < -0.3 is 5.11 Å². The number of phenolic OH excluding ortho intramolecular Hbond substituents is 1. The molecule has 1 rings (SSSR count). The minimum Gasteiger partial charge on any atom is -0.508 e. The third-order valence-corrected chi connectivity index (χ3v) is 1.68. The van der Waals surface area contributed by atoms with E-state index in [0.29, 0.717) is 11.8 Å². The van der Waals surface area contributed by atoms with Crippen LogP contribution in [-0.4, -0.2) is 20.8 Å². The van der Waals surface area contributed by atoms with Gasteiger partial charge in [-0.15, -0.1) is 0 Å². The lowest BCUT2D eigenvalue weighted by molar-refractivity contribution is 0.474. The van der Waals surface area contributed by atoms with Crippen LogP contribution in [0.15, 0.2) is 12.1 Å². The molecule has 0 aliphatic rings. The highest BCUT2D eigenvalue weighted by Gasteiger charge is 2.00. The summed E-state index contributed by atoms with van der Waals surface area (Å²) in [6.45, 7) is 1.84. The maximum Gasteiger partial charge on any atom is 0.116 e. The second kappa shape index (κ2) is 3.04. The molecule has 0 heterocycles. The quantitative estimate of drug-likeness (QED) is 0.553. The van der Waals surface area contributed by atoms with Crippen molar-refractivity contribution >= 4 is 21.2 Å². The van der Waals surface area contributed by atoms with E-state index in [1.165, 1.54) is 0 Å². The number of benzene rings is 1. The fourth-order valence-electron chi connectivity index (χ4n) is 1.02. The molecule has 4 radical (unpaired) electrons. The van der Waals surface area contributed by atoms with Gasteiger partial charge in [0.2, 0.25) is 0 Å². The van der Waals surface area contributed by atoms with Gasteiger partial charge in [0.25, 0.3) is 0 Å². The summed E-state index contributed by atoms with van der Waals surface area (Å²) in [6.07, 6.45) is 0.362. The zero-order valence-electron chi connectivity index (χ0n) is 6.46. The Morgan fingerprint density at radius 1 is 1.45 bits per heavy atom. The van der Waals surface area contributed by atoms with Crippen LogP contribution in [0.25, 0.3) is 0 Å². The molecule has 0 amide bonds. The zero-order chi connectivity index (χ0) is 8.43. The van der Waals surface area contributed by atoms with Crippen molar-refractivity contribution < 1.29 is 5.11 Å². The van der Waals surface area contributed by atoms with E-state index >= 15 is 0 Å². The lowest BCUT2D eigenvalue weighted by atomic mass is 9.81. The van der Waals surface area contributed by atoms with Crippen molar-refractivity contribution in [2.75, 3.05) is 0 Å². The molecule has 0 unspecified atom stereocenters. The Labute approximate surface area is 69.3 Å². The van der Waals surface area contributed by atoms with E-state index in [1.54, 1.807) is 12.1 Å². The maximum atomic E-state index is 9.14. The Bertz CT molecular complexity index is 271. The van der Waals surface area contributed by atoms with Crippen LogP contribution >= 0.6 is 0 Å². The normalized spacial score (nSPS) is 9.91. The zero-order valence-corrected chi connectivity index (χ0v) is 6.46. The molecule has 0 aliphatic heterocycles. The molecule has 3 heteroatoms. The van der Waals surface area contributed by atoms with Gasteiger partial charge in [-0.25, -0.2) is 0 Å². The lowest BCUT2D eigenvalue weighted by Gasteiger charge is -2.07. The number of phenols is 1. The van der Waals surface area contributed by atoms with Crippen LogP contribution in [0, 0.1) is 6.92 Å². The van der Waals surface area contributed by atoms with Crippen molar-refractivity contribution in [2.24, 2.45) is 0 Å². The summed E-state index contributed by atoms with van der Waals surface area (Å²) in [5.41, 5.74) is 2.33. The van der Waals surface area contributed by atoms with E-state index in [1.807, 2.05) is 6.92 Å². The Kier molecular flexibility index (Phi) is 2.28. The average molecular weight is 142 g/mol. The van der Waals surface area contributed by atoms with Crippen LogP contribution < -0.4 is 5.46 Å². The Balaban J connectivity index is 3.24. The van der Waals surface area contributed by atoms with Crippen LogP contribution in [0.4, 0.5) is 0 Å². The Hall–Kier alpha value is -0.850. The second-order valence-corrected chi connectivity index (χ2v) is 2.54. The minimum absolute atomic E-state index is 0.220. The number of rotatable bonds is 1. The molecule has 1 aromatic carbocycles. The third-order valence-electron chi connectivity index (χ3n) is 1.68. The predicted octanol–water partition coefficient (Wildman–Crippen LogP) is 0.163. The smallest absolute Gasteiger partial charge is 0.116 e. The fraction of sp³-hybridized carbons (Fsp3) is 0.250. The molecule has 0 atom stereocenters. The third kappa shape index (κ3) is 1.59. The van der Waals surface area contributed by atoms with Crippen LogP contribution in [0.5, 0.6) is 5.75 Å². The molecule has 0 aromatic heterocycles. The van der Waals surface area contributed by atoms with Crippen molar-refractivity contribution in [1.29, 1.82) is 0 Å². The van der Waals surface area contributed by atoms with Gasteiger partial charge in [-0.1, -0.05) is 22.9 Å². The number of aromatic hydroxyl groups is 1. The Morgan fingerprint density at radius 3 is 2.64 bits per heavy atom. The van der Waals surface area contributed by atoms with Crippen molar-refractivity contribution in [3.05, 3.63) is 23.3 Å². The standard InChI is InChI=1S/C8H8B2O/c1-5-2-7(11)3-6(4-9)8(5)10/h2-3,11H,4H2,1H3. The lowest BCUT2D eigenvalue weighted by Crippen LogP contribution is -2.13. The monoisotopic (exact) mass is 142 g/mol. The maximum absolute atomic E-state index is 9.14. The topological polar surface area (TPSA) is 20.2 Å². The van der Waals surface area contributed by atoms with Gasteiger partial charge in [0.15, 0.2) is 0 Å². The van der Waals surface area contributed by atoms with Gasteiger partial charge in [0.05, 0.1) is 7.85 Å². The van der Waals surface area contributed by atoms with Crippen LogP contribution in [-0.2, 0) is 6.32 Å². The molecule has 11 heavy (non-hydrogen) atoms. The van der Waals surface area contributed by atoms with Gasteiger partial charge >= 0.3 is 0 Å². The number of hydrogen-bond donors (Lipinski definition) is 1. The highest BCUT2D eigenvalue weighted by atomic mass is 16.3. The van der Waals surface area contributed by atoms with Crippen LogP contribution in [0.2, 0.25) is 0 Å². The fourth-order valence-corrected chi connectivity index (χ4v) is 1.02. The first-order valence-corrected chi connectivity index (χ1v) is 3.43. The molecule has 0 saturated carbocycles. The molecule has 1 aromatic rings. The predicted molar refractivity (Wildman–Crippen MR) is 47.7 cm³/mol. The van der Waals surface area contributed by atoms with Gasteiger partial charge in [-0.2, -0.15) is 0 Å². The van der Waals surface area contributed by atoms with Crippen LogP contribution in [0.3, 0.4) is 0 Å². The molecule has 0 fully saturated rings. The highest BCUT2D eigenvalue weighted by molar-refractivity contribution is 6.35. The molecular formula is C8H8B2O. The van der Waals surface area contributed by atoms with Crippen molar-refractivity contribution in [3.63, 3.8) is 0 Å². The van der Waals surface area contributed by atoms with E-state index in [-0.39, 0.29) is 5.75 Å². The summed E-state index contributed by atoms with van der Waals surface area (Å²) in [6, 6.07) is 3.21. The molecule has 1 N–H and O–H groups in total. The summed E-state index contributed by atoms with van der Waals surface area (Å²) >= 11 is 0. The molecular weight excluding hydrogens is 134 g/mol. The van der Waals surface area contributed by atoms with E-state index in [2.05, 4.69) is 0 Å². The largest absolute Gasteiger partial charge is 0.508 e.